The van der Waals surface area contributed by atoms with E-state index in [-0.39, 0.29) is 18.0 Å². The van der Waals surface area contributed by atoms with Crippen molar-refractivity contribution in [1.82, 2.24) is 10.6 Å². The maximum absolute atomic E-state index is 12.2. The lowest BCUT2D eigenvalue weighted by molar-refractivity contribution is -0.123. The first-order valence-electron chi connectivity index (χ1n) is 6.81. The van der Waals surface area contributed by atoms with E-state index in [1.165, 1.54) is 11.1 Å². The van der Waals surface area contributed by atoms with Crippen LogP contribution in [-0.2, 0) is 17.8 Å². The number of benzene rings is 1. The van der Waals surface area contributed by atoms with Crippen molar-refractivity contribution < 1.29 is 4.79 Å². The number of amides is 1. The molecule has 100 valence electrons. The zero-order chi connectivity index (χ0) is 13.7. The molecule has 3 heteroatoms. The molecule has 1 aliphatic rings. The van der Waals surface area contributed by atoms with Crippen molar-refractivity contribution in [3.8, 4) is 12.3 Å². The minimum atomic E-state index is -0.178. The Morgan fingerprint density at radius 2 is 2.26 bits per heavy atom. The van der Waals surface area contributed by atoms with E-state index in [1.807, 2.05) is 12.1 Å². The first-order chi connectivity index (χ1) is 9.24. The largest absolute Gasteiger partial charge is 0.341 e. The van der Waals surface area contributed by atoms with Gasteiger partial charge in [-0.3, -0.25) is 4.79 Å². The monoisotopic (exact) mass is 256 g/mol. The highest BCUT2D eigenvalue weighted by molar-refractivity contribution is 5.83. The van der Waals surface area contributed by atoms with Crippen LogP contribution in [0.5, 0.6) is 0 Å². The second kappa shape index (κ2) is 6.40. The smallest absolute Gasteiger partial charge is 0.238 e. The van der Waals surface area contributed by atoms with Gasteiger partial charge in [0.2, 0.25) is 5.91 Å². The van der Waals surface area contributed by atoms with Crippen LogP contribution in [0.15, 0.2) is 24.3 Å². The van der Waals surface area contributed by atoms with Crippen LogP contribution in [0, 0.1) is 12.3 Å². The van der Waals surface area contributed by atoms with Crippen molar-refractivity contribution in [2.45, 2.75) is 44.8 Å². The molecule has 0 bridgehead atoms. The maximum atomic E-state index is 12.2. The second-order valence-electron chi connectivity index (χ2n) is 4.92. The van der Waals surface area contributed by atoms with Crippen LogP contribution in [-0.4, -0.2) is 18.0 Å². The van der Waals surface area contributed by atoms with E-state index in [1.54, 1.807) is 0 Å². The number of fused-ring (bicyclic) bond motifs is 1. The van der Waals surface area contributed by atoms with Crippen LogP contribution in [0.3, 0.4) is 0 Å². The van der Waals surface area contributed by atoms with E-state index in [4.69, 9.17) is 6.42 Å². The summed E-state index contributed by atoms with van der Waals surface area (Å²) in [5.74, 6) is 2.64. The van der Waals surface area contributed by atoms with Crippen molar-refractivity contribution in [2.75, 3.05) is 0 Å². The van der Waals surface area contributed by atoms with Gasteiger partial charge in [0.05, 0.1) is 12.1 Å². The van der Waals surface area contributed by atoms with Crippen LogP contribution in [0.25, 0.3) is 0 Å². The Kier molecular flexibility index (Phi) is 4.59. The molecule has 0 saturated heterocycles. The SMILES string of the molecule is C#CC(CCC)NC(=O)[C@H]1Cc2ccccc2CN1. The van der Waals surface area contributed by atoms with Gasteiger partial charge >= 0.3 is 0 Å². The quantitative estimate of drug-likeness (QED) is 0.804. The molecule has 2 atom stereocenters. The van der Waals surface area contributed by atoms with E-state index >= 15 is 0 Å². The van der Waals surface area contributed by atoms with E-state index in [2.05, 4.69) is 35.6 Å². The maximum Gasteiger partial charge on any atom is 0.238 e. The van der Waals surface area contributed by atoms with Gasteiger partial charge in [0.25, 0.3) is 0 Å². The summed E-state index contributed by atoms with van der Waals surface area (Å²) >= 11 is 0. The third-order valence-corrected chi connectivity index (χ3v) is 3.49. The van der Waals surface area contributed by atoms with E-state index in [9.17, 15) is 4.79 Å². The molecule has 2 rings (SSSR count). The summed E-state index contributed by atoms with van der Waals surface area (Å²) in [4.78, 5) is 12.2. The van der Waals surface area contributed by atoms with Crippen molar-refractivity contribution in [2.24, 2.45) is 0 Å². The molecule has 0 aromatic heterocycles. The van der Waals surface area contributed by atoms with Crippen LogP contribution >= 0.6 is 0 Å². The van der Waals surface area contributed by atoms with Gasteiger partial charge in [-0.05, 0) is 24.0 Å². The zero-order valence-electron chi connectivity index (χ0n) is 11.3. The van der Waals surface area contributed by atoms with Crippen LogP contribution < -0.4 is 10.6 Å². The lowest BCUT2D eigenvalue weighted by Gasteiger charge is -2.26. The lowest BCUT2D eigenvalue weighted by atomic mass is 9.95. The Morgan fingerprint density at radius 3 is 2.95 bits per heavy atom. The molecule has 0 spiro atoms. The summed E-state index contributed by atoms with van der Waals surface area (Å²) in [5, 5.41) is 6.20. The van der Waals surface area contributed by atoms with Crippen molar-refractivity contribution in [3.63, 3.8) is 0 Å². The third-order valence-electron chi connectivity index (χ3n) is 3.49. The van der Waals surface area contributed by atoms with Crippen LogP contribution in [0.1, 0.15) is 30.9 Å². The molecule has 1 heterocycles. The molecule has 0 radical (unpaired) electrons. The Hall–Kier alpha value is -1.79. The molecule has 19 heavy (non-hydrogen) atoms. The molecular formula is C16H20N2O. The van der Waals surface area contributed by atoms with Gasteiger partial charge < -0.3 is 10.6 Å². The van der Waals surface area contributed by atoms with Gasteiger partial charge in [-0.2, -0.15) is 0 Å². The molecule has 2 N–H and O–H groups in total. The van der Waals surface area contributed by atoms with Gasteiger partial charge in [-0.25, -0.2) is 0 Å². The Morgan fingerprint density at radius 1 is 1.53 bits per heavy atom. The number of carbonyl (C=O) groups excluding carboxylic acids is 1. The molecule has 0 fully saturated rings. The molecule has 1 aliphatic heterocycles. The molecular weight excluding hydrogens is 236 g/mol. The minimum Gasteiger partial charge on any atom is -0.341 e. The van der Waals surface area contributed by atoms with Crippen LogP contribution in [0.2, 0.25) is 0 Å². The summed E-state index contributed by atoms with van der Waals surface area (Å²) in [5.41, 5.74) is 2.52. The van der Waals surface area contributed by atoms with Crippen LogP contribution in [0.4, 0.5) is 0 Å². The predicted molar refractivity (Wildman–Crippen MR) is 76.4 cm³/mol. The summed E-state index contributed by atoms with van der Waals surface area (Å²) in [6, 6.07) is 7.88. The van der Waals surface area contributed by atoms with Crippen molar-refractivity contribution in [3.05, 3.63) is 35.4 Å². The summed E-state index contributed by atoms with van der Waals surface area (Å²) in [6.07, 6.45) is 7.95. The fourth-order valence-corrected chi connectivity index (χ4v) is 2.40. The number of nitrogens with one attached hydrogen (secondary N) is 2. The summed E-state index contributed by atoms with van der Waals surface area (Å²) in [6.45, 7) is 2.80. The molecule has 0 saturated carbocycles. The Labute approximate surface area is 114 Å². The fraction of sp³-hybridized carbons (Fsp3) is 0.438. The highest BCUT2D eigenvalue weighted by atomic mass is 16.2. The predicted octanol–water partition coefficient (Wildman–Crippen LogP) is 1.62. The zero-order valence-corrected chi connectivity index (χ0v) is 11.3. The van der Waals surface area contributed by atoms with Gasteiger partial charge in [0, 0.05) is 6.54 Å². The molecule has 1 aromatic carbocycles. The number of terminal acetylenes is 1. The van der Waals surface area contributed by atoms with Gasteiger partial charge in [0.15, 0.2) is 0 Å². The lowest BCUT2D eigenvalue weighted by Crippen LogP contribution is -2.50. The molecule has 1 aromatic rings. The van der Waals surface area contributed by atoms with Gasteiger partial charge in [0.1, 0.15) is 0 Å². The van der Waals surface area contributed by atoms with Gasteiger partial charge in [-0.1, -0.05) is 43.5 Å². The second-order valence-corrected chi connectivity index (χ2v) is 4.92. The molecule has 3 nitrogen and oxygen atoms in total. The van der Waals surface area contributed by atoms with Gasteiger partial charge in [-0.15, -0.1) is 6.42 Å². The topological polar surface area (TPSA) is 41.1 Å². The normalized spacial score (nSPS) is 19.1. The number of hydrogen-bond acceptors (Lipinski definition) is 2. The molecule has 1 amide bonds. The highest BCUT2D eigenvalue weighted by Gasteiger charge is 2.24. The fourth-order valence-electron chi connectivity index (χ4n) is 2.40. The number of hydrogen-bond donors (Lipinski definition) is 2. The number of rotatable bonds is 4. The first kappa shape index (κ1) is 13.6. The van der Waals surface area contributed by atoms with E-state index in [0.717, 1.165) is 25.8 Å². The van der Waals surface area contributed by atoms with Crippen molar-refractivity contribution in [1.29, 1.82) is 0 Å². The van der Waals surface area contributed by atoms with Crippen molar-refractivity contribution >= 4 is 5.91 Å². The van der Waals surface area contributed by atoms with E-state index < -0.39 is 0 Å². The summed E-state index contributed by atoms with van der Waals surface area (Å²) < 4.78 is 0. The standard InChI is InChI=1S/C16H20N2O/c1-3-7-14(4-2)18-16(19)15-10-12-8-5-6-9-13(12)11-17-15/h2,5-6,8-9,14-15,17H,3,7,10-11H2,1H3,(H,18,19)/t14?,15-/m1/s1. The number of carbonyl (C=O) groups is 1. The van der Waals surface area contributed by atoms with E-state index in [0.29, 0.717) is 0 Å². The Bertz CT molecular complexity index is 490. The summed E-state index contributed by atoms with van der Waals surface area (Å²) in [7, 11) is 0. The Balaban J connectivity index is 1.97. The third kappa shape index (κ3) is 3.36. The molecule has 1 unspecified atom stereocenters. The average Bonchev–Trinajstić information content (AvgIpc) is 2.46. The molecule has 0 aliphatic carbocycles. The minimum absolute atomic E-state index is 0.00547. The first-order valence-corrected chi connectivity index (χ1v) is 6.81. The average molecular weight is 256 g/mol. The highest BCUT2D eigenvalue weighted by Crippen LogP contribution is 2.16.